The second-order valence-corrected chi connectivity index (χ2v) is 4.82. The van der Waals surface area contributed by atoms with Crippen LogP contribution in [-0.2, 0) is 16.0 Å². The Kier molecular flexibility index (Phi) is 3.52. The van der Waals surface area contributed by atoms with Crippen LogP contribution in [0.3, 0.4) is 0 Å². The lowest BCUT2D eigenvalue weighted by atomic mass is 10.1. The number of anilines is 1. The zero-order chi connectivity index (χ0) is 13.9. The van der Waals surface area contributed by atoms with E-state index in [9.17, 15) is 4.79 Å². The van der Waals surface area contributed by atoms with Gasteiger partial charge in [0.25, 0.3) is 0 Å². The van der Waals surface area contributed by atoms with Gasteiger partial charge < -0.3 is 14.7 Å². The fraction of sp³-hybridized carbons (Fsp3) is 0.333. The van der Waals surface area contributed by atoms with Crippen molar-refractivity contribution >= 4 is 22.6 Å². The van der Waals surface area contributed by atoms with E-state index in [1.54, 1.807) is 6.07 Å². The minimum atomic E-state index is -0.860. The highest BCUT2D eigenvalue weighted by atomic mass is 16.5. The van der Waals surface area contributed by atoms with Crippen LogP contribution in [-0.4, -0.2) is 42.4 Å². The molecule has 0 unspecified atom stereocenters. The molecule has 0 radical (unpaired) electrons. The number of para-hydroxylation sites is 1. The molecular weight excluding hydrogens is 256 g/mol. The van der Waals surface area contributed by atoms with Gasteiger partial charge in [0.1, 0.15) is 0 Å². The van der Waals surface area contributed by atoms with Crippen LogP contribution in [0.15, 0.2) is 30.3 Å². The van der Waals surface area contributed by atoms with Gasteiger partial charge in [-0.25, -0.2) is 0 Å². The summed E-state index contributed by atoms with van der Waals surface area (Å²) in [6, 6.07) is 9.75. The van der Waals surface area contributed by atoms with Crippen molar-refractivity contribution in [3.05, 3.63) is 36.0 Å². The zero-order valence-electron chi connectivity index (χ0n) is 11.1. The van der Waals surface area contributed by atoms with Crippen LogP contribution >= 0.6 is 0 Å². The van der Waals surface area contributed by atoms with Crippen molar-refractivity contribution < 1.29 is 14.6 Å². The van der Waals surface area contributed by atoms with E-state index in [0.29, 0.717) is 18.9 Å². The summed E-state index contributed by atoms with van der Waals surface area (Å²) in [4.78, 5) is 17.6. The molecule has 1 aromatic carbocycles. The lowest BCUT2D eigenvalue weighted by Crippen LogP contribution is -2.36. The van der Waals surface area contributed by atoms with Crippen LogP contribution in [0.1, 0.15) is 5.69 Å². The number of aromatic nitrogens is 1. The maximum absolute atomic E-state index is 10.8. The first kappa shape index (κ1) is 12.9. The van der Waals surface area contributed by atoms with Gasteiger partial charge in [0.2, 0.25) is 0 Å². The number of carboxylic acids is 1. The van der Waals surface area contributed by atoms with E-state index in [-0.39, 0.29) is 6.42 Å². The fourth-order valence-corrected chi connectivity index (χ4v) is 2.48. The summed E-state index contributed by atoms with van der Waals surface area (Å²) in [5.74, 6) is -0.860. The molecular formula is C15H16N2O3. The Morgan fingerprint density at radius 2 is 2.05 bits per heavy atom. The quantitative estimate of drug-likeness (QED) is 0.921. The summed E-state index contributed by atoms with van der Waals surface area (Å²) in [6.45, 7) is 3.10. The molecule has 3 rings (SSSR count). The van der Waals surface area contributed by atoms with Crippen LogP contribution in [0.5, 0.6) is 0 Å². The van der Waals surface area contributed by atoms with Gasteiger partial charge in [-0.05, 0) is 12.1 Å². The minimum Gasteiger partial charge on any atom is -0.481 e. The van der Waals surface area contributed by atoms with Crippen molar-refractivity contribution in [3.63, 3.8) is 0 Å². The number of fused-ring (bicyclic) bond motifs is 1. The predicted molar refractivity (Wildman–Crippen MR) is 76.1 cm³/mol. The van der Waals surface area contributed by atoms with Crippen LogP contribution in [0.2, 0.25) is 0 Å². The SMILES string of the molecule is O=C(O)Cc1ccc2cccc(N3CCOCC3)c2n1. The Bertz CT molecular complexity index is 636. The summed E-state index contributed by atoms with van der Waals surface area (Å²) in [5, 5.41) is 9.92. The van der Waals surface area contributed by atoms with Gasteiger partial charge in [-0.1, -0.05) is 18.2 Å². The summed E-state index contributed by atoms with van der Waals surface area (Å²) < 4.78 is 5.37. The molecule has 0 amide bonds. The average Bonchev–Trinajstić information content (AvgIpc) is 2.47. The molecule has 0 saturated carbocycles. The van der Waals surface area contributed by atoms with E-state index >= 15 is 0 Å². The zero-order valence-corrected chi connectivity index (χ0v) is 11.1. The van der Waals surface area contributed by atoms with Gasteiger partial charge in [0, 0.05) is 18.5 Å². The molecule has 2 heterocycles. The van der Waals surface area contributed by atoms with Gasteiger partial charge in [-0.3, -0.25) is 9.78 Å². The number of ether oxygens (including phenoxy) is 1. The number of rotatable bonds is 3. The summed E-state index contributed by atoms with van der Waals surface area (Å²) in [6.07, 6.45) is -0.0482. The van der Waals surface area contributed by atoms with Crippen molar-refractivity contribution in [2.75, 3.05) is 31.2 Å². The molecule has 2 aromatic rings. The summed E-state index contributed by atoms with van der Waals surface area (Å²) in [5.41, 5.74) is 2.51. The Morgan fingerprint density at radius 1 is 1.25 bits per heavy atom. The molecule has 0 spiro atoms. The molecule has 5 nitrogen and oxygen atoms in total. The van der Waals surface area contributed by atoms with Gasteiger partial charge in [0.15, 0.2) is 0 Å². The summed E-state index contributed by atoms with van der Waals surface area (Å²) in [7, 11) is 0. The molecule has 104 valence electrons. The molecule has 1 N–H and O–H groups in total. The van der Waals surface area contributed by atoms with E-state index in [2.05, 4.69) is 9.88 Å². The van der Waals surface area contributed by atoms with Crippen molar-refractivity contribution in [3.8, 4) is 0 Å². The number of hydrogen-bond donors (Lipinski definition) is 1. The first-order valence-electron chi connectivity index (χ1n) is 6.67. The first-order valence-corrected chi connectivity index (χ1v) is 6.67. The highest BCUT2D eigenvalue weighted by Gasteiger charge is 2.15. The molecule has 1 aromatic heterocycles. The standard InChI is InChI=1S/C15H16N2O3/c18-14(19)10-12-5-4-11-2-1-3-13(15(11)16-12)17-6-8-20-9-7-17/h1-5H,6-10H2,(H,18,19). The average molecular weight is 272 g/mol. The highest BCUT2D eigenvalue weighted by molar-refractivity contribution is 5.91. The third-order valence-electron chi connectivity index (χ3n) is 3.44. The van der Waals surface area contributed by atoms with Crippen LogP contribution in [0, 0.1) is 0 Å². The number of nitrogens with zero attached hydrogens (tertiary/aromatic N) is 2. The molecule has 0 atom stereocenters. The van der Waals surface area contributed by atoms with E-state index in [0.717, 1.165) is 29.7 Å². The Morgan fingerprint density at radius 3 is 2.80 bits per heavy atom. The van der Waals surface area contributed by atoms with Crippen molar-refractivity contribution in [1.29, 1.82) is 0 Å². The smallest absolute Gasteiger partial charge is 0.309 e. The maximum Gasteiger partial charge on any atom is 0.309 e. The largest absolute Gasteiger partial charge is 0.481 e. The first-order chi connectivity index (χ1) is 9.74. The molecule has 1 saturated heterocycles. The molecule has 0 bridgehead atoms. The monoisotopic (exact) mass is 272 g/mol. The number of carboxylic acid groups (broad SMARTS) is 1. The van der Waals surface area contributed by atoms with Gasteiger partial charge in [-0.2, -0.15) is 0 Å². The second kappa shape index (κ2) is 5.46. The number of aliphatic carboxylic acids is 1. The van der Waals surface area contributed by atoms with E-state index < -0.39 is 5.97 Å². The molecule has 0 aliphatic carbocycles. The molecule has 1 aliphatic rings. The number of carbonyl (C=O) groups is 1. The van der Waals surface area contributed by atoms with Gasteiger partial charge in [-0.15, -0.1) is 0 Å². The number of benzene rings is 1. The van der Waals surface area contributed by atoms with E-state index in [1.807, 2.05) is 24.3 Å². The van der Waals surface area contributed by atoms with Crippen molar-refractivity contribution in [2.45, 2.75) is 6.42 Å². The third kappa shape index (κ3) is 2.58. The lowest BCUT2D eigenvalue weighted by molar-refractivity contribution is -0.136. The minimum absolute atomic E-state index is 0.0482. The molecule has 1 fully saturated rings. The highest BCUT2D eigenvalue weighted by Crippen LogP contribution is 2.26. The lowest BCUT2D eigenvalue weighted by Gasteiger charge is -2.29. The van der Waals surface area contributed by atoms with Crippen molar-refractivity contribution in [2.24, 2.45) is 0 Å². The Labute approximate surface area is 116 Å². The molecule has 1 aliphatic heterocycles. The number of hydrogen-bond acceptors (Lipinski definition) is 4. The van der Waals surface area contributed by atoms with Crippen LogP contribution in [0.25, 0.3) is 10.9 Å². The molecule has 5 heteroatoms. The number of pyridine rings is 1. The Balaban J connectivity index is 2.03. The number of morpholine rings is 1. The van der Waals surface area contributed by atoms with Crippen molar-refractivity contribution in [1.82, 2.24) is 4.98 Å². The predicted octanol–water partition coefficient (Wildman–Crippen LogP) is 1.70. The topological polar surface area (TPSA) is 62.7 Å². The van der Waals surface area contributed by atoms with Crippen LogP contribution < -0.4 is 4.90 Å². The summed E-state index contributed by atoms with van der Waals surface area (Å²) >= 11 is 0. The van der Waals surface area contributed by atoms with E-state index in [4.69, 9.17) is 9.84 Å². The van der Waals surface area contributed by atoms with Gasteiger partial charge >= 0.3 is 5.97 Å². The van der Waals surface area contributed by atoms with Crippen LogP contribution in [0.4, 0.5) is 5.69 Å². The normalized spacial score (nSPS) is 15.5. The Hall–Kier alpha value is -2.14. The fourth-order valence-electron chi connectivity index (χ4n) is 2.48. The third-order valence-corrected chi connectivity index (χ3v) is 3.44. The maximum atomic E-state index is 10.8. The second-order valence-electron chi connectivity index (χ2n) is 4.82. The van der Waals surface area contributed by atoms with E-state index in [1.165, 1.54) is 0 Å². The van der Waals surface area contributed by atoms with Gasteiger partial charge in [0.05, 0.1) is 36.5 Å². The molecule has 20 heavy (non-hydrogen) atoms.